The third-order valence-electron chi connectivity index (χ3n) is 5.76. The number of ether oxygens (including phenoxy) is 1. The van der Waals surface area contributed by atoms with Gasteiger partial charge in [-0.05, 0) is 79.2 Å². The summed E-state index contributed by atoms with van der Waals surface area (Å²) >= 11 is 1.37. The first kappa shape index (κ1) is 23.8. The monoisotopic (exact) mass is 494 g/mol. The third kappa shape index (κ3) is 4.38. The number of hydrogen-bond acceptors (Lipinski definition) is 5. The number of fused-ring (bicyclic) bond motifs is 1. The number of thiophene rings is 1. The van der Waals surface area contributed by atoms with Crippen molar-refractivity contribution in [2.24, 2.45) is 0 Å². The van der Waals surface area contributed by atoms with E-state index in [2.05, 4.69) is 5.32 Å². The zero-order valence-electron chi connectivity index (χ0n) is 19.7. The number of methoxy groups -OCH3 is 1. The molecule has 1 amide bonds. The summed E-state index contributed by atoms with van der Waals surface area (Å²) in [5, 5.41) is 3.81. The number of carbonyl (C=O) groups is 1. The van der Waals surface area contributed by atoms with Gasteiger partial charge in [0.2, 0.25) is 0 Å². The summed E-state index contributed by atoms with van der Waals surface area (Å²) in [6, 6.07) is 18.1. The van der Waals surface area contributed by atoms with Crippen LogP contribution in [0.1, 0.15) is 26.4 Å². The second-order valence-corrected chi connectivity index (χ2v) is 11.2. The second kappa shape index (κ2) is 9.12. The molecular formula is C26H26N2O4S2. The Hall–Kier alpha value is -3.36. The molecule has 0 saturated carbocycles. The molecule has 0 aliphatic rings. The van der Waals surface area contributed by atoms with E-state index in [0.29, 0.717) is 16.3 Å². The Kier molecular flexibility index (Phi) is 6.38. The first-order valence-corrected chi connectivity index (χ1v) is 12.9. The summed E-state index contributed by atoms with van der Waals surface area (Å²) in [7, 11) is -0.890. The molecule has 1 heterocycles. The molecular weight excluding hydrogens is 468 g/mol. The number of nitrogens with one attached hydrogen (secondary N) is 1. The van der Waals surface area contributed by atoms with Gasteiger partial charge in [-0.2, -0.15) is 0 Å². The average molecular weight is 495 g/mol. The lowest BCUT2D eigenvalue weighted by atomic mass is 10.1. The zero-order chi connectivity index (χ0) is 24.6. The summed E-state index contributed by atoms with van der Waals surface area (Å²) in [6.45, 7) is 5.75. The van der Waals surface area contributed by atoms with Gasteiger partial charge in [0.1, 0.15) is 10.6 Å². The number of hydrogen-bond donors (Lipinski definition) is 1. The van der Waals surface area contributed by atoms with Gasteiger partial charge in [0.25, 0.3) is 15.9 Å². The van der Waals surface area contributed by atoms with E-state index in [9.17, 15) is 13.2 Å². The number of para-hydroxylation sites is 1. The van der Waals surface area contributed by atoms with Gasteiger partial charge in [-0.15, -0.1) is 11.3 Å². The third-order valence-corrected chi connectivity index (χ3v) is 8.69. The molecule has 0 aliphatic heterocycles. The van der Waals surface area contributed by atoms with Crippen molar-refractivity contribution in [2.75, 3.05) is 23.8 Å². The van der Waals surface area contributed by atoms with Crippen molar-refractivity contribution in [1.82, 2.24) is 0 Å². The van der Waals surface area contributed by atoms with E-state index in [4.69, 9.17) is 4.74 Å². The van der Waals surface area contributed by atoms with Crippen LogP contribution in [-0.2, 0) is 10.0 Å². The van der Waals surface area contributed by atoms with Crippen LogP contribution in [0.2, 0.25) is 0 Å². The quantitative estimate of drug-likeness (QED) is 0.361. The molecule has 6 nitrogen and oxygen atoms in total. The number of benzene rings is 3. The molecule has 4 rings (SSSR count). The molecule has 3 aromatic carbocycles. The van der Waals surface area contributed by atoms with Gasteiger partial charge in [0, 0.05) is 17.4 Å². The molecule has 0 saturated heterocycles. The van der Waals surface area contributed by atoms with Crippen LogP contribution in [0, 0.1) is 20.8 Å². The van der Waals surface area contributed by atoms with Gasteiger partial charge in [-0.1, -0.05) is 24.3 Å². The normalized spacial score (nSPS) is 11.4. The van der Waals surface area contributed by atoms with Crippen molar-refractivity contribution in [2.45, 2.75) is 25.7 Å². The fourth-order valence-electron chi connectivity index (χ4n) is 3.80. The van der Waals surface area contributed by atoms with E-state index in [1.165, 1.54) is 29.8 Å². The minimum absolute atomic E-state index is 0.108. The molecule has 0 unspecified atom stereocenters. The van der Waals surface area contributed by atoms with Crippen molar-refractivity contribution >= 4 is 48.7 Å². The van der Waals surface area contributed by atoms with E-state index < -0.39 is 10.0 Å². The Morgan fingerprint density at radius 2 is 1.68 bits per heavy atom. The van der Waals surface area contributed by atoms with E-state index in [0.717, 1.165) is 32.5 Å². The molecule has 176 valence electrons. The summed E-state index contributed by atoms with van der Waals surface area (Å²) in [4.78, 5) is 13.6. The highest BCUT2D eigenvalue weighted by Gasteiger charge is 2.26. The van der Waals surface area contributed by atoms with Gasteiger partial charge in [-0.25, -0.2) is 8.42 Å². The summed E-state index contributed by atoms with van der Waals surface area (Å²) < 4.78 is 34.2. The maximum atomic E-state index is 13.4. The average Bonchev–Trinajstić information content (AvgIpc) is 3.24. The standard InChI is InChI=1S/C26H26N2O4S2/c1-16-9-11-21(32-5)24(13-16)34(30,31)28(4)20-10-12-22-19(14-20)15-23(33-22)26(29)27-25-17(2)7-6-8-18(25)3/h6-15H,1-5H3,(H,27,29). The number of anilines is 2. The van der Waals surface area contributed by atoms with Crippen molar-refractivity contribution in [1.29, 1.82) is 0 Å². The van der Waals surface area contributed by atoms with E-state index in [1.54, 1.807) is 36.4 Å². The Morgan fingerprint density at radius 3 is 2.35 bits per heavy atom. The summed E-state index contributed by atoms with van der Waals surface area (Å²) in [6.07, 6.45) is 0. The highest BCUT2D eigenvalue weighted by Crippen LogP contribution is 2.34. The van der Waals surface area contributed by atoms with Crippen LogP contribution >= 0.6 is 11.3 Å². The van der Waals surface area contributed by atoms with Crippen LogP contribution < -0.4 is 14.4 Å². The van der Waals surface area contributed by atoms with Crippen LogP contribution in [0.15, 0.2) is 65.6 Å². The number of amides is 1. The lowest BCUT2D eigenvalue weighted by Crippen LogP contribution is -2.27. The second-order valence-electron chi connectivity index (χ2n) is 8.18. The van der Waals surface area contributed by atoms with Crippen molar-refractivity contribution in [3.05, 3.63) is 82.2 Å². The van der Waals surface area contributed by atoms with Gasteiger partial charge in [0.15, 0.2) is 0 Å². The Morgan fingerprint density at radius 1 is 0.971 bits per heavy atom. The molecule has 0 atom stereocenters. The predicted molar refractivity (Wildman–Crippen MR) is 139 cm³/mol. The zero-order valence-corrected chi connectivity index (χ0v) is 21.3. The molecule has 0 spiro atoms. The number of rotatable bonds is 6. The maximum absolute atomic E-state index is 13.4. The van der Waals surface area contributed by atoms with Gasteiger partial charge >= 0.3 is 0 Å². The van der Waals surface area contributed by atoms with Crippen LogP contribution in [-0.4, -0.2) is 28.5 Å². The van der Waals surface area contributed by atoms with Crippen molar-refractivity contribution in [3.63, 3.8) is 0 Å². The van der Waals surface area contributed by atoms with Gasteiger partial charge in [0.05, 0.1) is 17.7 Å². The van der Waals surface area contributed by atoms with Crippen LogP contribution in [0.25, 0.3) is 10.1 Å². The first-order valence-electron chi connectivity index (χ1n) is 10.7. The van der Waals surface area contributed by atoms with Crippen molar-refractivity contribution in [3.8, 4) is 5.75 Å². The molecule has 0 radical (unpaired) electrons. The highest BCUT2D eigenvalue weighted by atomic mass is 32.2. The fourth-order valence-corrected chi connectivity index (χ4v) is 6.16. The van der Waals surface area contributed by atoms with Gasteiger partial charge < -0.3 is 10.1 Å². The number of nitrogens with zero attached hydrogens (tertiary/aromatic N) is 1. The van der Waals surface area contributed by atoms with Crippen molar-refractivity contribution < 1.29 is 17.9 Å². The molecule has 0 bridgehead atoms. The van der Waals surface area contributed by atoms with E-state index >= 15 is 0 Å². The Balaban J connectivity index is 1.66. The fraction of sp³-hybridized carbons (Fsp3) is 0.192. The van der Waals surface area contributed by atoms with E-state index in [1.807, 2.05) is 45.0 Å². The SMILES string of the molecule is COc1ccc(C)cc1S(=O)(=O)N(C)c1ccc2sc(C(=O)Nc3c(C)cccc3C)cc2c1. The largest absolute Gasteiger partial charge is 0.495 e. The maximum Gasteiger partial charge on any atom is 0.267 e. The lowest BCUT2D eigenvalue weighted by molar-refractivity contribution is 0.103. The first-order chi connectivity index (χ1) is 16.1. The molecule has 1 N–H and O–H groups in total. The smallest absolute Gasteiger partial charge is 0.267 e. The Labute approximate surface area is 203 Å². The molecule has 8 heteroatoms. The van der Waals surface area contributed by atoms with Crippen LogP contribution in [0.3, 0.4) is 0 Å². The molecule has 1 aromatic heterocycles. The predicted octanol–water partition coefficient (Wildman–Crippen LogP) is 5.91. The Bertz CT molecular complexity index is 1490. The molecule has 34 heavy (non-hydrogen) atoms. The number of sulfonamides is 1. The minimum Gasteiger partial charge on any atom is -0.495 e. The summed E-state index contributed by atoms with van der Waals surface area (Å²) in [5.74, 6) is 0.102. The van der Waals surface area contributed by atoms with E-state index in [-0.39, 0.29) is 10.8 Å². The van der Waals surface area contributed by atoms with Crippen LogP contribution in [0.4, 0.5) is 11.4 Å². The summed E-state index contributed by atoms with van der Waals surface area (Å²) in [5.41, 5.74) is 4.12. The van der Waals surface area contributed by atoms with Gasteiger partial charge in [-0.3, -0.25) is 9.10 Å². The topological polar surface area (TPSA) is 75.7 Å². The number of carbonyl (C=O) groups excluding carboxylic acids is 1. The minimum atomic E-state index is -3.85. The highest BCUT2D eigenvalue weighted by molar-refractivity contribution is 7.93. The molecule has 4 aromatic rings. The molecule has 0 aliphatic carbocycles. The van der Waals surface area contributed by atoms with Crippen LogP contribution in [0.5, 0.6) is 5.75 Å². The number of aryl methyl sites for hydroxylation is 3. The molecule has 0 fully saturated rings. The lowest BCUT2D eigenvalue weighted by Gasteiger charge is -2.21.